The van der Waals surface area contributed by atoms with Crippen molar-refractivity contribution in [2.24, 2.45) is 11.7 Å². The molecule has 1 aliphatic rings. The third kappa shape index (κ3) is 4.06. The summed E-state index contributed by atoms with van der Waals surface area (Å²) in [7, 11) is 0. The molecule has 0 aromatic heterocycles. The summed E-state index contributed by atoms with van der Waals surface area (Å²) in [6.07, 6.45) is 3.11. The molecule has 108 valence electrons. The lowest BCUT2D eigenvalue weighted by atomic mass is 9.85. The zero-order valence-corrected chi connectivity index (χ0v) is 14.0. The topological polar surface area (TPSA) is 72.2 Å². The van der Waals surface area contributed by atoms with E-state index >= 15 is 0 Å². The Hall–Kier alpha value is -0.880. The zero-order chi connectivity index (χ0) is 14.7. The first kappa shape index (κ1) is 15.5. The van der Waals surface area contributed by atoms with E-state index in [1.54, 1.807) is 12.1 Å². The van der Waals surface area contributed by atoms with E-state index in [1.807, 2.05) is 6.07 Å². The molecule has 2 rings (SSSR count). The number of benzene rings is 1. The molecule has 0 atom stereocenters. The smallest absolute Gasteiger partial charge is 0.251 e. The van der Waals surface area contributed by atoms with Gasteiger partial charge in [0, 0.05) is 26.5 Å². The van der Waals surface area contributed by atoms with Crippen molar-refractivity contribution in [3.8, 4) is 0 Å². The number of amides is 2. The first-order valence-corrected chi connectivity index (χ1v) is 8.10. The van der Waals surface area contributed by atoms with E-state index in [-0.39, 0.29) is 23.8 Å². The Kier molecular flexibility index (Phi) is 5.21. The molecule has 0 saturated heterocycles. The standard InChI is InChI=1S/C14H16Br2N2O2/c15-10-5-9(6-11(16)7-10)14(20)18-12-3-1-8(2-4-12)13(17)19/h5-8,12H,1-4H2,(H2,17,19)(H,18,20). The molecule has 0 heterocycles. The Bertz CT molecular complexity index is 506. The summed E-state index contributed by atoms with van der Waals surface area (Å²) in [4.78, 5) is 23.3. The second kappa shape index (κ2) is 6.72. The molecular weight excluding hydrogens is 388 g/mol. The van der Waals surface area contributed by atoms with E-state index in [0.717, 1.165) is 34.6 Å². The quantitative estimate of drug-likeness (QED) is 0.814. The molecule has 4 nitrogen and oxygen atoms in total. The van der Waals surface area contributed by atoms with Crippen LogP contribution in [0.3, 0.4) is 0 Å². The van der Waals surface area contributed by atoms with E-state index in [0.29, 0.717) is 5.56 Å². The SMILES string of the molecule is NC(=O)C1CCC(NC(=O)c2cc(Br)cc(Br)c2)CC1. The molecule has 1 fully saturated rings. The van der Waals surface area contributed by atoms with Crippen molar-refractivity contribution in [2.75, 3.05) is 0 Å². The van der Waals surface area contributed by atoms with Gasteiger partial charge in [-0.15, -0.1) is 0 Å². The number of hydrogen-bond donors (Lipinski definition) is 2. The van der Waals surface area contributed by atoms with Gasteiger partial charge in [-0.25, -0.2) is 0 Å². The lowest BCUT2D eigenvalue weighted by Gasteiger charge is -2.27. The number of primary amides is 1. The summed E-state index contributed by atoms with van der Waals surface area (Å²) in [6.45, 7) is 0. The van der Waals surface area contributed by atoms with Gasteiger partial charge in [-0.3, -0.25) is 9.59 Å². The highest BCUT2D eigenvalue weighted by Gasteiger charge is 2.25. The summed E-state index contributed by atoms with van der Waals surface area (Å²) in [5.74, 6) is -0.358. The average Bonchev–Trinajstić information content (AvgIpc) is 2.38. The van der Waals surface area contributed by atoms with Crippen LogP contribution >= 0.6 is 31.9 Å². The summed E-state index contributed by atoms with van der Waals surface area (Å²) < 4.78 is 1.71. The molecular formula is C14H16Br2N2O2. The second-order valence-electron chi connectivity index (χ2n) is 5.08. The van der Waals surface area contributed by atoms with Gasteiger partial charge in [0.15, 0.2) is 0 Å². The van der Waals surface area contributed by atoms with Crippen molar-refractivity contribution in [1.29, 1.82) is 0 Å². The van der Waals surface area contributed by atoms with Gasteiger partial charge >= 0.3 is 0 Å². The van der Waals surface area contributed by atoms with Crippen molar-refractivity contribution in [3.63, 3.8) is 0 Å². The van der Waals surface area contributed by atoms with Crippen LogP contribution < -0.4 is 11.1 Å². The van der Waals surface area contributed by atoms with Crippen molar-refractivity contribution < 1.29 is 9.59 Å². The van der Waals surface area contributed by atoms with Crippen LogP contribution in [-0.4, -0.2) is 17.9 Å². The highest BCUT2D eigenvalue weighted by molar-refractivity contribution is 9.11. The number of rotatable bonds is 3. The number of carbonyl (C=O) groups is 2. The van der Waals surface area contributed by atoms with Crippen LogP contribution in [0, 0.1) is 5.92 Å². The molecule has 0 unspecified atom stereocenters. The van der Waals surface area contributed by atoms with E-state index in [4.69, 9.17) is 5.73 Å². The van der Waals surface area contributed by atoms with Gasteiger partial charge in [0.05, 0.1) is 0 Å². The number of hydrogen-bond acceptors (Lipinski definition) is 2. The Morgan fingerprint density at radius 2 is 1.60 bits per heavy atom. The van der Waals surface area contributed by atoms with Crippen LogP contribution in [0.15, 0.2) is 27.1 Å². The molecule has 0 bridgehead atoms. The summed E-state index contributed by atoms with van der Waals surface area (Å²) in [6, 6.07) is 5.58. The van der Waals surface area contributed by atoms with E-state index in [1.165, 1.54) is 0 Å². The second-order valence-corrected chi connectivity index (χ2v) is 6.91. The minimum Gasteiger partial charge on any atom is -0.369 e. The lowest BCUT2D eigenvalue weighted by molar-refractivity contribution is -0.122. The summed E-state index contributed by atoms with van der Waals surface area (Å²) in [5.41, 5.74) is 5.92. The molecule has 3 N–H and O–H groups in total. The highest BCUT2D eigenvalue weighted by atomic mass is 79.9. The van der Waals surface area contributed by atoms with Gasteiger partial charge in [-0.2, -0.15) is 0 Å². The molecule has 1 aromatic carbocycles. The van der Waals surface area contributed by atoms with Gasteiger partial charge in [-0.05, 0) is 43.9 Å². The van der Waals surface area contributed by atoms with Crippen molar-refractivity contribution >= 4 is 43.7 Å². The van der Waals surface area contributed by atoms with Crippen LogP contribution in [-0.2, 0) is 4.79 Å². The van der Waals surface area contributed by atoms with Crippen LogP contribution in [0.4, 0.5) is 0 Å². The fourth-order valence-electron chi connectivity index (χ4n) is 2.48. The number of halogens is 2. The van der Waals surface area contributed by atoms with E-state index in [2.05, 4.69) is 37.2 Å². The molecule has 0 spiro atoms. The number of carbonyl (C=O) groups excluding carboxylic acids is 2. The predicted octanol–water partition coefficient (Wildman–Crippen LogP) is 2.99. The molecule has 0 radical (unpaired) electrons. The van der Waals surface area contributed by atoms with Crippen LogP contribution in [0.25, 0.3) is 0 Å². The third-order valence-corrected chi connectivity index (χ3v) is 4.51. The Morgan fingerprint density at radius 3 is 2.10 bits per heavy atom. The molecule has 0 aliphatic heterocycles. The first-order valence-electron chi connectivity index (χ1n) is 6.52. The molecule has 1 saturated carbocycles. The van der Waals surface area contributed by atoms with Crippen molar-refractivity contribution in [3.05, 3.63) is 32.7 Å². The number of nitrogens with one attached hydrogen (secondary N) is 1. The normalized spacial score (nSPS) is 22.3. The van der Waals surface area contributed by atoms with Crippen molar-refractivity contribution in [1.82, 2.24) is 5.32 Å². The maximum atomic E-state index is 12.2. The fourth-order valence-corrected chi connectivity index (χ4v) is 3.77. The maximum absolute atomic E-state index is 12.2. The van der Waals surface area contributed by atoms with E-state index in [9.17, 15) is 9.59 Å². The molecule has 1 aromatic rings. The monoisotopic (exact) mass is 402 g/mol. The molecule has 2 amide bonds. The number of nitrogens with two attached hydrogens (primary N) is 1. The van der Waals surface area contributed by atoms with Crippen LogP contribution in [0.2, 0.25) is 0 Å². The van der Waals surface area contributed by atoms with Crippen molar-refractivity contribution in [2.45, 2.75) is 31.7 Å². The third-order valence-electron chi connectivity index (χ3n) is 3.59. The minimum absolute atomic E-state index is 0.0387. The first-order chi connectivity index (χ1) is 9.45. The van der Waals surface area contributed by atoms with Gasteiger partial charge in [-0.1, -0.05) is 31.9 Å². The Morgan fingerprint density at radius 1 is 1.05 bits per heavy atom. The van der Waals surface area contributed by atoms with Crippen LogP contribution in [0.5, 0.6) is 0 Å². The Labute approximate surface area is 134 Å². The lowest BCUT2D eigenvalue weighted by Crippen LogP contribution is -2.39. The largest absolute Gasteiger partial charge is 0.369 e. The van der Waals surface area contributed by atoms with E-state index < -0.39 is 0 Å². The van der Waals surface area contributed by atoms with Gasteiger partial charge < -0.3 is 11.1 Å². The molecule has 20 heavy (non-hydrogen) atoms. The average molecular weight is 404 g/mol. The minimum atomic E-state index is -0.231. The van der Waals surface area contributed by atoms with Gasteiger partial charge in [0.1, 0.15) is 0 Å². The summed E-state index contributed by atoms with van der Waals surface area (Å²) >= 11 is 6.74. The van der Waals surface area contributed by atoms with Crippen LogP contribution in [0.1, 0.15) is 36.0 Å². The van der Waals surface area contributed by atoms with Gasteiger partial charge in [0.2, 0.25) is 5.91 Å². The summed E-state index contributed by atoms with van der Waals surface area (Å²) in [5, 5.41) is 3.02. The fraction of sp³-hybridized carbons (Fsp3) is 0.429. The Balaban J connectivity index is 1.94. The molecule has 6 heteroatoms. The zero-order valence-electron chi connectivity index (χ0n) is 10.9. The molecule has 1 aliphatic carbocycles. The highest BCUT2D eigenvalue weighted by Crippen LogP contribution is 2.25. The van der Waals surface area contributed by atoms with Gasteiger partial charge in [0.25, 0.3) is 5.91 Å². The predicted molar refractivity (Wildman–Crippen MR) is 84.2 cm³/mol. The maximum Gasteiger partial charge on any atom is 0.251 e.